The number of anilines is 1. The second-order valence-corrected chi connectivity index (χ2v) is 8.61. The molecule has 1 aliphatic heterocycles. The van der Waals surface area contributed by atoms with Crippen LogP contribution in [0, 0.1) is 6.92 Å². The molecule has 0 radical (unpaired) electrons. The average Bonchev–Trinajstić information content (AvgIpc) is 2.99. The first-order valence-electron chi connectivity index (χ1n) is 9.85. The predicted molar refractivity (Wildman–Crippen MR) is 124 cm³/mol. The molecule has 0 bridgehead atoms. The van der Waals surface area contributed by atoms with Gasteiger partial charge in [0.25, 0.3) is 11.1 Å². The van der Waals surface area contributed by atoms with Gasteiger partial charge in [0.1, 0.15) is 12.3 Å². The van der Waals surface area contributed by atoms with Crippen LogP contribution in [0.15, 0.2) is 47.4 Å². The summed E-state index contributed by atoms with van der Waals surface area (Å²) in [7, 11) is 0. The molecule has 31 heavy (non-hydrogen) atoms. The van der Waals surface area contributed by atoms with Gasteiger partial charge in [-0.2, -0.15) is 0 Å². The van der Waals surface area contributed by atoms with E-state index in [9.17, 15) is 14.4 Å². The van der Waals surface area contributed by atoms with Crippen LogP contribution < -0.4 is 10.1 Å². The zero-order valence-electron chi connectivity index (χ0n) is 17.5. The molecule has 1 atom stereocenters. The molecule has 0 aromatic heterocycles. The van der Waals surface area contributed by atoms with Crippen LogP contribution in [-0.4, -0.2) is 34.6 Å². The van der Waals surface area contributed by atoms with Gasteiger partial charge in [0.2, 0.25) is 5.91 Å². The lowest BCUT2D eigenvalue weighted by molar-refractivity contribution is -0.127. The van der Waals surface area contributed by atoms with Crippen LogP contribution in [0.5, 0.6) is 5.75 Å². The second-order valence-electron chi connectivity index (χ2n) is 7.21. The van der Waals surface area contributed by atoms with Crippen LogP contribution in [0.1, 0.15) is 31.4 Å². The number of imide groups is 1. The fourth-order valence-corrected chi connectivity index (χ4v) is 3.84. The SMILES string of the molecule is CC[C@H](C)Oc1ccc(/C=C2\SC(=O)N(CC(=O)Nc3ccc(C)cc3)C2=O)cc1Cl. The summed E-state index contributed by atoms with van der Waals surface area (Å²) in [6, 6.07) is 12.4. The maximum Gasteiger partial charge on any atom is 0.294 e. The number of carbonyl (C=O) groups excluding carboxylic acids is 3. The lowest BCUT2D eigenvalue weighted by Gasteiger charge is -2.14. The lowest BCUT2D eigenvalue weighted by Crippen LogP contribution is -2.36. The minimum Gasteiger partial charge on any atom is -0.489 e. The Morgan fingerprint density at radius 3 is 2.58 bits per heavy atom. The van der Waals surface area contributed by atoms with E-state index in [-0.39, 0.29) is 17.6 Å². The van der Waals surface area contributed by atoms with E-state index in [1.165, 1.54) is 0 Å². The summed E-state index contributed by atoms with van der Waals surface area (Å²) in [6.45, 7) is 5.56. The number of thioether (sulfide) groups is 1. The first-order valence-corrected chi connectivity index (χ1v) is 11.0. The molecule has 3 amide bonds. The number of hydrogen-bond donors (Lipinski definition) is 1. The topological polar surface area (TPSA) is 75.7 Å². The molecular weight excluding hydrogens is 436 g/mol. The second kappa shape index (κ2) is 10.0. The molecule has 8 heteroatoms. The molecule has 2 aromatic rings. The van der Waals surface area contributed by atoms with Crippen LogP contribution >= 0.6 is 23.4 Å². The Labute approximate surface area is 190 Å². The summed E-state index contributed by atoms with van der Waals surface area (Å²) >= 11 is 7.08. The molecule has 3 rings (SSSR count). The number of hydrogen-bond acceptors (Lipinski definition) is 5. The van der Waals surface area contributed by atoms with Crippen LogP contribution in [0.2, 0.25) is 5.02 Å². The minimum absolute atomic E-state index is 0.0332. The fraction of sp³-hybridized carbons (Fsp3) is 0.261. The van der Waals surface area contributed by atoms with Crippen LogP contribution in [0.3, 0.4) is 0 Å². The molecule has 2 aromatic carbocycles. The highest BCUT2D eigenvalue weighted by Crippen LogP contribution is 2.34. The van der Waals surface area contributed by atoms with Gasteiger partial charge in [-0.25, -0.2) is 0 Å². The van der Waals surface area contributed by atoms with Crippen LogP contribution in [0.25, 0.3) is 6.08 Å². The van der Waals surface area contributed by atoms with Crippen LogP contribution in [-0.2, 0) is 9.59 Å². The first-order chi connectivity index (χ1) is 14.8. The molecule has 1 saturated heterocycles. The van der Waals surface area contributed by atoms with Gasteiger partial charge in [-0.3, -0.25) is 19.3 Å². The number of amides is 3. The van der Waals surface area contributed by atoms with E-state index in [4.69, 9.17) is 16.3 Å². The number of aryl methyl sites for hydroxylation is 1. The summed E-state index contributed by atoms with van der Waals surface area (Å²) in [4.78, 5) is 38.4. The number of nitrogens with one attached hydrogen (secondary N) is 1. The van der Waals surface area contributed by atoms with E-state index < -0.39 is 17.1 Å². The summed E-state index contributed by atoms with van der Waals surface area (Å²) in [5, 5.41) is 2.62. The Morgan fingerprint density at radius 2 is 1.94 bits per heavy atom. The highest BCUT2D eigenvalue weighted by atomic mass is 35.5. The number of nitrogens with zero attached hydrogens (tertiary/aromatic N) is 1. The van der Waals surface area contributed by atoms with Gasteiger partial charge >= 0.3 is 0 Å². The zero-order chi connectivity index (χ0) is 22.5. The van der Waals surface area contributed by atoms with Gasteiger partial charge in [-0.15, -0.1) is 0 Å². The molecule has 1 aliphatic rings. The number of halogens is 1. The molecule has 0 aliphatic carbocycles. The molecule has 1 fully saturated rings. The van der Waals surface area contributed by atoms with Gasteiger partial charge in [0, 0.05) is 5.69 Å². The van der Waals surface area contributed by atoms with Crippen molar-refractivity contribution in [2.24, 2.45) is 0 Å². The van der Waals surface area contributed by atoms with Crippen molar-refractivity contribution in [1.29, 1.82) is 0 Å². The summed E-state index contributed by atoms with van der Waals surface area (Å²) < 4.78 is 5.74. The molecule has 0 spiro atoms. The monoisotopic (exact) mass is 458 g/mol. The van der Waals surface area contributed by atoms with E-state index in [2.05, 4.69) is 5.32 Å². The van der Waals surface area contributed by atoms with Gasteiger partial charge in [-0.05, 0) is 67.9 Å². The highest BCUT2D eigenvalue weighted by molar-refractivity contribution is 8.18. The maximum atomic E-state index is 12.7. The van der Waals surface area contributed by atoms with Crippen LogP contribution in [0.4, 0.5) is 10.5 Å². The molecule has 1 N–H and O–H groups in total. The van der Waals surface area contributed by atoms with Crippen molar-refractivity contribution in [3.63, 3.8) is 0 Å². The van der Waals surface area contributed by atoms with Crippen molar-refractivity contribution in [3.05, 3.63) is 63.5 Å². The Morgan fingerprint density at radius 1 is 1.23 bits per heavy atom. The van der Waals surface area contributed by atoms with Gasteiger partial charge in [-0.1, -0.05) is 42.3 Å². The van der Waals surface area contributed by atoms with Crippen molar-refractivity contribution in [2.45, 2.75) is 33.3 Å². The Balaban J connectivity index is 1.67. The molecular formula is C23H23ClN2O4S. The average molecular weight is 459 g/mol. The largest absolute Gasteiger partial charge is 0.489 e. The van der Waals surface area contributed by atoms with Crippen molar-refractivity contribution < 1.29 is 19.1 Å². The summed E-state index contributed by atoms with van der Waals surface area (Å²) in [5.41, 5.74) is 2.33. The minimum atomic E-state index is -0.509. The van der Waals surface area contributed by atoms with Crippen molar-refractivity contribution in [1.82, 2.24) is 4.90 Å². The van der Waals surface area contributed by atoms with E-state index >= 15 is 0 Å². The summed E-state index contributed by atoms with van der Waals surface area (Å²) in [6.07, 6.45) is 2.47. The maximum absolute atomic E-state index is 12.7. The third kappa shape index (κ3) is 5.89. The summed E-state index contributed by atoms with van der Waals surface area (Å²) in [5.74, 6) is -0.388. The van der Waals surface area contributed by atoms with Gasteiger partial charge < -0.3 is 10.1 Å². The smallest absolute Gasteiger partial charge is 0.294 e. The fourth-order valence-electron chi connectivity index (χ4n) is 2.77. The third-order valence-electron chi connectivity index (χ3n) is 4.67. The first kappa shape index (κ1) is 22.9. The number of ether oxygens (including phenoxy) is 1. The van der Waals surface area contributed by atoms with E-state index in [1.54, 1.807) is 36.4 Å². The van der Waals surface area contributed by atoms with Crippen molar-refractivity contribution >= 4 is 52.2 Å². The van der Waals surface area contributed by atoms with Gasteiger partial charge in [0.15, 0.2) is 0 Å². The molecule has 6 nitrogen and oxygen atoms in total. The van der Waals surface area contributed by atoms with Gasteiger partial charge in [0.05, 0.1) is 16.0 Å². The van der Waals surface area contributed by atoms with E-state index in [0.29, 0.717) is 22.0 Å². The number of carbonyl (C=O) groups is 3. The number of benzene rings is 2. The Hall–Kier alpha value is -2.77. The Kier molecular flexibility index (Phi) is 7.41. The lowest BCUT2D eigenvalue weighted by atomic mass is 10.2. The zero-order valence-corrected chi connectivity index (χ0v) is 19.0. The van der Waals surface area contributed by atoms with E-state index in [0.717, 1.165) is 28.6 Å². The number of rotatable bonds is 7. The third-order valence-corrected chi connectivity index (χ3v) is 5.87. The highest BCUT2D eigenvalue weighted by Gasteiger charge is 2.36. The van der Waals surface area contributed by atoms with E-state index in [1.807, 2.05) is 32.9 Å². The normalized spacial score (nSPS) is 16.0. The quantitative estimate of drug-likeness (QED) is 0.554. The van der Waals surface area contributed by atoms with Crippen molar-refractivity contribution in [3.8, 4) is 5.75 Å². The molecule has 1 heterocycles. The molecule has 0 saturated carbocycles. The molecule has 162 valence electrons. The molecule has 0 unspecified atom stereocenters. The Bertz CT molecular complexity index is 1040. The predicted octanol–water partition coefficient (Wildman–Crippen LogP) is 5.50. The van der Waals surface area contributed by atoms with Crippen molar-refractivity contribution in [2.75, 3.05) is 11.9 Å². The standard InChI is InChI=1S/C23H23ClN2O4S/c1-4-15(3)30-19-10-7-16(11-18(19)24)12-20-22(28)26(23(29)31-20)13-21(27)25-17-8-5-14(2)6-9-17/h5-12,15H,4,13H2,1-3H3,(H,25,27)/b20-12-/t15-/m0/s1.